The zero-order chi connectivity index (χ0) is 31.0. The molecule has 47 heavy (non-hydrogen) atoms. The second-order valence-electron chi connectivity index (χ2n) is 13.3. The number of rotatable bonds is 2. The number of hydrogen-bond donors (Lipinski definition) is 0. The quantitative estimate of drug-likeness (QED) is 0.196. The number of aromatic nitrogens is 1. The van der Waals surface area contributed by atoms with Gasteiger partial charge < -0.3 is 13.6 Å². The highest BCUT2D eigenvalue weighted by molar-refractivity contribution is 6.25. The number of aryl methyl sites for hydroxylation is 2. The number of para-hydroxylation sites is 2. The van der Waals surface area contributed by atoms with Crippen molar-refractivity contribution < 1.29 is 9.15 Å². The van der Waals surface area contributed by atoms with E-state index in [0.717, 1.165) is 33.2 Å². The van der Waals surface area contributed by atoms with Crippen LogP contribution in [0.3, 0.4) is 0 Å². The Morgan fingerprint density at radius 2 is 1.34 bits per heavy atom. The molecule has 0 radical (unpaired) electrons. The van der Waals surface area contributed by atoms with Crippen LogP contribution in [0.2, 0.25) is 0 Å². The van der Waals surface area contributed by atoms with Gasteiger partial charge in [0.2, 0.25) is 0 Å². The molecule has 222 valence electrons. The first-order chi connectivity index (χ1) is 23.1. The predicted molar refractivity (Wildman–Crippen MR) is 193 cm³/mol. The van der Waals surface area contributed by atoms with E-state index in [1.54, 1.807) is 0 Å². The van der Waals surface area contributed by atoms with Crippen molar-refractivity contribution in [2.24, 2.45) is 0 Å². The topological polar surface area (TPSA) is 26.8 Å². The van der Waals surface area contributed by atoms with Crippen LogP contribution < -0.4 is 4.74 Å². The summed E-state index contributed by atoms with van der Waals surface area (Å²) < 4.78 is 16.0. The third kappa shape index (κ3) is 3.26. The molecule has 2 atom stereocenters. The average Bonchev–Trinajstić information content (AvgIpc) is 3.84. The molecule has 9 aromatic rings. The van der Waals surface area contributed by atoms with Crippen LogP contribution in [0.15, 0.2) is 126 Å². The second-order valence-corrected chi connectivity index (χ2v) is 13.3. The number of ether oxygens (including phenoxy) is 1. The monoisotopic (exact) mass is 603 g/mol. The van der Waals surface area contributed by atoms with E-state index in [-0.39, 0.29) is 12.0 Å². The maximum absolute atomic E-state index is 6.82. The fraction of sp³-hybridized carbons (Fsp3) is 0.0909. The average molecular weight is 604 g/mol. The molecule has 3 aromatic heterocycles. The minimum absolute atomic E-state index is 0.115. The van der Waals surface area contributed by atoms with Crippen LogP contribution in [0.1, 0.15) is 40.0 Å². The van der Waals surface area contributed by atoms with Crippen molar-refractivity contribution in [2.75, 3.05) is 0 Å². The van der Waals surface area contributed by atoms with Gasteiger partial charge in [0.15, 0.2) is 5.58 Å². The van der Waals surface area contributed by atoms with E-state index in [4.69, 9.17) is 9.15 Å². The molecule has 1 aliphatic heterocycles. The summed E-state index contributed by atoms with van der Waals surface area (Å²) in [5, 5.41) is 6.00. The standard InChI is InChI=1S/C44H29NO2/c1-24-20-27(26-10-4-3-5-11-26)21-25(2)39(24)28-22-35-31-16-18-33-29-12-6-8-14-37(29)46-43(33)41(31)45-40(35)36(23-28)32-17-19-34-30-13-7-9-15-38(30)47-44(34)42(32)45/h3-23,33,43H,1-2H3. The summed E-state index contributed by atoms with van der Waals surface area (Å²) in [6.45, 7) is 4.50. The molecule has 3 nitrogen and oxygen atoms in total. The molecule has 0 N–H and O–H groups in total. The van der Waals surface area contributed by atoms with Crippen LogP contribution in [0, 0.1) is 13.8 Å². The first-order valence-electron chi connectivity index (χ1n) is 16.4. The van der Waals surface area contributed by atoms with Gasteiger partial charge in [-0.3, -0.25) is 0 Å². The summed E-state index contributed by atoms with van der Waals surface area (Å²) in [5.41, 5.74) is 15.5. The number of fused-ring (bicyclic) bond motifs is 14. The molecule has 0 spiro atoms. The lowest BCUT2D eigenvalue weighted by Crippen LogP contribution is -2.14. The van der Waals surface area contributed by atoms with Crippen molar-refractivity contribution in [3.8, 4) is 28.0 Å². The van der Waals surface area contributed by atoms with Gasteiger partial charge in [-0.1, -0.05) is 97.1 Å². The Balaban J connectivity index is 1.25. The number of hydrogen-bond acceptors (Lipinski definition) is 2. The van der Waals surface area contributed by atoms with E-state index < -0.39 is 0 Å². The third-order valence-corrected chi connectivity index (χ3v) is 10.7. The first-order valence-corrected chi connectivity index (χ1v) is 16.4. The van der Waals surface area contributed by atoms with Gasteiger partial charge in [0, 0.05) is 44.0 Å². The van der Waals surface area contributed by atoms with Crippen molar-refractivity contribution in [3.63, 3.8) is 0 Å². The Morgan fingerprint density at radius 3 is 2.21 bits per heavy atom. The normalized spacial score (nSPS) is 16.8. The van der Waals surface area contributed by atoms with E-state index in [1.165, 1.54) is 71.9 Å². The van der Waals surface area contributed by atoms with Gasteiger partial charge in [-0.25, -0.2) is 0 Å². The molecule has 2 aliphatic rings. The molecule has 1 aliphatic carbocycles. The summed E-state index contributed by atoms with van der Waals surface area (Å²) in [4.78, 5) is 0. The molecule has 11 rings (SSSR count). The molecule has 4 heterocycles. The van der Waals surface area contributed by atoms with Crippen LogP contribution in [0.5, 0.6) is 5.75 Å². The van der Waals surface area contributed by atoms with E-state index in [0.29, 0.717) is 0 Å². The van der Waals surface area contributed by atoms with E-state index >= 15 is 0 Å². The summed E-state index contributed by atoms with van der Waals surface area (Å²) in [7, 11) is 0. The highest BCUT2D eigenvalue weighted by Crippen LogP contribution is 2.54. The zero-order valence-corrected chi connectivity index (χ0v) is 26.0. The Labute approximate surface area is 271 Å². The SMILES string of the molecule is Cc1cc(-c2ccccc2)cc(C)c1-c1cc2c3c(n4c2c(c1)c1ccc2c5ccccc5oc2c14)C1Oc2ccccc2C1C=C3. The van der Waals surface area contributed by atoms with Crippen molar-refractivity contribution in [1.82, 2.24) is 4.40 Å². The van der Waals surface area contributed by atoms with Crippen molar-refractivity contribution in [1.29, 1.82) is 0 Å². The Kier molecular flexibility index (Phi) is 4.82. The van der Waals surface area contributed by atoms with Gasteiger partial charge in [-0.15, -0.1) is 0 Å². The lowest BCUT2D eigenvalue weighted by atomic mass is 9.86. The van der Waals surface area contributed by atoms with Crippen LogP contribution in [-0.2, 0) is 0 Å². The number of benzene rings is 6. The number of nitrogens with zero attached hydrogens (tertiary/aromatic N) is 1. The highest BCUT2D eigenvalue weighted by Gasteiger charge is 2.41. The molecule has 0 saturated heterocycles. The van der Waals surface area contributed by atoms with E-state index in [1.807, 2.05) is 0 Å². The molecule has 6 aromatic carbocycles. The van der Waals surface area contributed by atoms with Gasteiger partial charge in [0.25, 0.3) is 0 Å². The number of furan rings is 1. The molecule has 0 bridgehead atoms. The summed E-state index contributed by atoms with van der Waals surface area (Å²) in [6, 6.07) is 41.6. The molecule has 0 fully saturated rings. The highest BCUT2D eigenvalue weighted by atomic mass is 16.5. The molecular weight excluding hydrogens is 574 g/mol. The Hall–Kier alpha value is -5.80. The largest absolute Gasteiger partial charge is 0.483 e. The van der Waals surface area contributed by atoms with Crippen molar-refractivity contribution in [2.45, 2.75) is 25.9 Å². The van der Waals surface area contributed by atoms with Crippen molar-refractivity contribution in [3.05, 3.63) is 149 Å². The molecule has 0 saturated carbocycles. The first kappa shape index (κ1) is 25.4. The van der Waals surface area contributed by atoms with Crippen LogP contribution >= 0.6 is 0 Å². The molecule has 0 amide bonds. The fourth-order valence-electron chi connectivity index (χ4n) is 8.79. The molecule has 3 heteroatoms. The fourth-order valence-corrected chi connectivity index (χ4v) is 8.79. The summed E-state index contributed by atoms with van der Waals surface area (Å²) in [6.07, 6.45) is 4.58. The van der Waals surface area contributed by atoms with Gasteiger partial charge in [-0.2, -0.15) is 0 Å². The van der Waals surface area contributed by atoms with Crippen molar-refractivity contribution >= 4 is 55.2 Å². The van der Waals surface area contributed by atoms with Crippen LogP contribution in [-0.4, -0.2) is 4.40 Å². The van der Waals surface area contributed by atoms with E-state index in [2.05, 4.69) is 146 Å². The minimum Gasteiger partial charge on any atom is -0.483 e. The maximum atomic E-state index is 6.82. The smallest absolute Gasteiger partial charge is 0.160 e. The van der Waals surface area contributed by atoms with Crippen LogP contribution in [0.4, 0.5) is 0 Å². The lowest BCUT2D eigenvalue weighted by molar-refractivity contribution is 0.217. The van der Waals surface area contributed by atoms with Gasteiger partial charge in [0.1, 0.15) is 17.4 Å². The molecular formula is C44H29NO2. The Morgan fingerprint density at radius 1 is 0.596 bits per heavy atom. The van der Waals surface area contributed by atoms with E-state index in [9.17, 15) is 0 Å². The minimum atomic E-state index is -0.115. The predicted octanol–water partition coefficient (Wildman–Crippen LogP) is 11.8. The lowest BCUT2D eigenvalue weighted by Gasteiger charge is -2.22. The second kappa shape index (κ2) is 8.92. The zero-order valence-electron chi connectivity index (χ0n) is 26.0. The summed E-state index contributed by atoms with van der Waals surface area (Å²) in [5.74, 6) is 1.14. The molecule has 2 unspecified atom stereocenters. The Bertz CT molecular complexity index is 2770. The summed E-state index contributed by atoms with van der Waals surface area (Å²) >= 11 is 0. The third-order valence-electron chi connectivity index (χ3n) is 10.7. The maximum Gasteiger partial charge on any atom is 0.160 e. The van der Waals surface area contributed by atoms with Gasteiger partial charge in [-0.05, 0) is 77.6 Å². The van der Waals surface area contributed by atoms with Gasteiger partial charge in [0.05, 0.1) is 16.7 Å². The van der Waals surface area contributed by atoms with Gasteiger partial charge >= 0.3 is 0 Å². The van der Waals surface area contributed by atoms with Crippen LogP contribution in [0.25, 0.3) is 77.5 Å².